The van der Waals surface area contributed by atoms with Crippen molar-refractivity contribution in [1.29, 1.82) is 0 Å². The van der Waals surface area contributed by atoms with Gasteiger partial charge < -0.3 is 14.2 Å². The van der Waals surface area contributed by atoms with Crippen LogP contribution >= 0.6 is 23.4 Å². The van der Waals surface area contributed by atoms with Crippen molar-refractivity contribution in [3.05, 3.63) is 35.2 Å². The molecule has 0 bridgehead atoms. The molecule has 1 fully saturated rings. The van der Waals surface area contributed by atoms with Gasteiger partial charge in [0.1, 0.15) is 5.25 Å². The Morgan fingerprint density at radius 3 is 2.88 bits per heavy atom. The first kappa shape index (κ1) is 18.7. The van der Waals surface area contributed by atoms with Gasteiger partial charge in [-0.15, -0.1) is 11.8 Å². The zero-order chi connectivity index (χ0) is 18.5. The van der Waals surface area contributed by atoms with Crippen molar-refractivity contribution in [1.82, 2.24) is 15.0 Å². The first-order valence-corrected chi connectivity index (χ1v) is 9.55. The minimum atomic E-state index is -0.322. The number of carbonyl (C=O) groups excluding carboxylic acids is 2. The smallest absolute Gasteiger partial charge is 0.320 e. The molecule has 0 radical (unpaired) electrons. The van der Waals surface area contributed by atoms with Crippen LogP contribution in [0, 0.1) is 0 Å². The molecule has 138 valence electrons. The second-order valence-corrected chi connectivity index (χ2v) is 7.49. The van der Waals surface area contributed by atoms with Crippen LogP contribution in [0.4, 0.5) is 0 Å². The summed E-state index contributed by atoms with van der Waals surface area (Å²) in [5.41, 5.74) is 0.796. The Morgan fingerprint density at radius 2 is 2.15 bits per heavy atom. The number of methoxy groups -OCH3 is 1. The summed E-state index contributed by atoms with van der Waals surface area (Å²) < 4.78 is 9.98. The number of rotatable bonds is 5. The molecule has 0 spiro atoms. The van der Waals surface area contributed by atoms with Crippen molar-refractivity contribution in [2.75, 3.05) is 26.0 Å². The van der Waals surface area contributed by atoms with E-state index in [9.17, 15) is 9.59 Å². The van der Waals surface area contributed by atoms with Gasteiger partial charge in [0.2, 0.25) is 17.6 Å². The first-order valence-electron chi connectivity index (χ1n) is 8.12. The van der Waals surface area contributed by atoms with E-state index in [1.54, 1.807) is 29.2 Å². The van der Waals surface area contributed by atoms with Crippen LogP contribution in [0.2, 0.25) is 5.02 Å². The molecule has 1 aromatic heterocycles. The molecule has 1 amide bonds. The van der Waals surface area contributed by atoms with Gasteiger partial charge in [0.15, 0.2) is 0 Å². The molecule has 2 aromatic rings. The monoisotopic (exact) mass is 395 g/mol. The molecule has 7 nitrogen and oxygen atoms in total. The van der Waals surface area contributed by atoms with E-state index >= 15 is 0 Å². The van der Waals surface area contributed by atoms with Crippen molar-refractivity contribution in [3.8, 4) is 11.4 Å². The fourth-order valence-electron chi connectivity index (χ4n) is 2.59. The predicted octanol–water partition coefficient (Wildman–Crippen LogP) is 2.44. The Balaban J connectivity index is 1.55. The van der Waals surface area contributed by atoms with Crippen LogP contribution in [-0.2, 0) is 20.7 Å². The molecule has 1 saturated heterocycles. The lowest BCUT2D eigenvalue weighted by atomic mass is 10.2. The standard InChI is InChI=1S/C17H18ClN3O4S/c1-24-17(23)13-10-21(8-9-26-13)15(22)7-6-14-19-16(20-25-14)11-2-4-12(18)5-3-11/h2-5,13H,6-10H2,1H3/t13-/m1/s1. The summed E-state index contributed by atoms with van der Waals surface area (Å²) in [5, 5.41) is 4.25. The third-order valence-corrected chi connectivity index (χ3v) is 5.42. The lowest BCUT2D eigenvalue weighted by molar-refractivity contribution is -0.141. The van der Waals surface area contributed by atoms with Gasteiger partial charge in [-0.2, -0.15) is 4.98 Å². The average Bonchev–Trinajstić information content (AvgIpc) is 3.15. The predicted molar refractivity (Wildman–Crippen MR) is 97.9 cm³/mol. The minimum absolute atomic E-state index is 0.0366. The molecule has 2 heterocycles. The molecule has 1 aliphatic heterocycles. The Kier molecular flexibility index (Phi) is 6.16. The molecule has 1 atom stereocenters. The molecule has 1 aliphatic rings. The van der Waals surface area contributed by atoms with Gasteiger partial charge in [-0.3, -0.25) is 9.59 Å². The number of carbonyl (C=O) groups is 2. The molecular weight excluding hydrogens is 378 g/mol. The summed E-state index contributed by atoms with van der Waals surface area (Å²) in [6, 6.07) is 7.12. The van der Waals surface area contributed by atoms with E-state index < -0.39 is 0 Å². The number of esters is 1. The number of thioether (sulfide) groups is 1. The third-order valence-electron chi connectivity index (χ3n) is 4.01. The van der Waals surface area contributed by atoms with E-state index in [-0.39, 0.29) is 23.5 Å². The summed E-state index contributed by atoms with van der Waals surface area (Å²) >= 11 is 7.38. The first-order chi connectivity index (χ1) is 12.6. The van der Waals surface area contributed by atoms with Gasteiger partial charge in [0, 0.05) is 42.3 Å². The number of benzene rings is 1. The second-order valence-electron chi connectivity index (χ2n) is 5.74. The maximum Gasteiger partial charge on any atom is 0.320 e. The van der Waals surface area contributed by atoms with E-state index in [2.05, 4.69) is 10.1 Å². The highest BCUT2D eigenvalue weighted by Gasteiger charge is 2.29. The molecule has 3 rings (SSSR count). The lowest BCUT2D eigenvalue weighted by Gasteiger charge is -2.30. The molecule has 1 aromatic carbocycles. The lowest BCUT2D eigenvalue weighted by Crippen LogP contribution is -2.45. The number of hydrogen-bond donors (Lipinski definition) is 0. The number of hydrogen-bond acceptors (Lipinski definition) is 7. The number of aryl methyl sites for hydroxylation is 1. The summed E-state index contributed by atoms with van der Waals surface area (Å²) in [4.78, 5) is 30.1. The van der Waals surface area contributed by atoms with Gasteiger partial charge in [0.25, 0.3) is 0 Å². The molecular formula is C17H18ClN3O4S. The Hall–Kier alpha value is -2.06. The summed E-state index contributed by atoms with van der Waals surface area (Å²) in [6.07, 6.45) is 0.604. The zero-order valence-electron chi connectivity index (χ0n) is 14.2. The highest BCUT2D eigenvalue weighted by molar-refractivity contribution is 8.00. The van der Waals surface area contributed by atoms with Crippen molar-refractivity contribution in [2.24, 2.45) is 0 Å². The van der Waals surface area contributed by atoms with Crippen molar-refractivity contribution in [2.45, 2.75) is 18.1 Å². The second kappa shape index (κ2) is 8.55. The Labute approximate surface area is 160 Å². The van der Waals surface area contributed by atoms with Crippen LogP contribution < -0.4 is 0 Å². The summed E-state index contributed by atoms with van der Waals surface area (Å²) in [5.74, 6) is 1.25. The van der Waals surface area contributed by atoms with E-state index in [4.69, 9.17) is 20.9 Å². The number of nitrogens with zero attached hydrogens (tertiary/aromatic N) is 3. The van der Waals surface area contributed by atoms with E-state index in [1.807, 2.05) is 0 Å². The third kappa shape index (κ3) is 4.56. The number of ether oxygens (including phenoxy) is 1. The highest BCUT2D eigenvalue weighted by Crippen LogP contribution is 2.21. The van der Waals surface area contributed by atoms with Crippen LogP contribution in [0.1, 0.15) is 12.3 Å². The van der Waals surface area contributed by atoms with Crippen LogP contribution in [0.5, 0.6) is 0 Å². The quantitative estimate of drug-likeness (QED) is 0.718. The minimum Gasteiger partial charge on any atom is -0.468 e. The molecule has 9 heteroatoms. The maximum absolute atomic E-state index is 12.4. The normalized spacial score (nSPS) is 17.2. The van der Waals surface area contributed by atoms with Crippen LogP contribution in [0.15, 0.2) is 28.8 Å². The SMILES string of the molecule is COC(=O)[C@H]1CN(C(=O)CCc2nc(-c3ccc(Cl)cc3)no2)CCS1. The molecule has 0 aliphatic carbocycles. The number of amides is 1. The number of aromatic nitrogens is 2. The van der Waals surface area contributed by atoms with Crippen LogP contribution in [0.25, 0.3) is 11.4 Å². The number of halogens is 1. The van der Waals surface area contributed by atoms with Gasteiger partial charge in [-0.25, -0.2) is 0 Å². The fourth-order valence-corrected chi connectivity index (χ4v) is 3.85. The maximum atomic E-state index is 12.4. The van der Waals surface area contributed by atoms with E-state index in [0.29, 0.717) is 42.0 Å². The molecule has 0 N–H and O–H groups in total. The van der Waals surface area contributed by atoms with Gasteiger partial charge in [-0.05, 0) is 24.3 Å². The molecule has 26 heavy (non-hydrogen) atoms. The van der Waals surface area contributed by atoms with Gasteiger partial charge in [-0.1, -0.05) is 16.8 Å². The molecule has 0 saturated carbocycles. The van der Waals surface area contributed by atoms with Gasteiger partial charge in [0.05, 0.1) is 7.11 Å². The largest absolute Gasteiger partial charge is 0.468 e. The van der Waals surface area contributed by atoms with Crippen molar-refractivity contribution < 1.29 is 18.8 Å². The van der Waals surface area contributed by atoms with Crippen molar-refractivity contribution >= 4 is 35.2 Å². The van der Waals surface area contributed by atoms with Crippen molar-refractivity contribution in [3.63, 3.8) is 0 Å². The summed E-state index contributed by atoms with van der Waals surface area (Å²) in [6.45, 7) is 0.993. The fraction of sp³-hybridized carbons (Fsp3) is 0.412. The van der Waals surface area contributed by atoms with Gasteiger partial charge >= 0.3 is 5.97 Å². The molecule has 0 unspecified atom stereocenters. The topological polar surface area (TPSA) is 85.5 Å². The van der Waals surface area contributed by atoms with E-state index in [1.165, 1.54) is 18.9 Å². The van der Waals surface area contributed by atoms with Crippen LogP contribution in [-0.4, -0.2) is 58.1 Å². The average molecular weight is 396 g/mol. The van der Waals surface area contributed by atoms with Crippen LogP contribution in [0.3, 0.4) is 0 Å². The van der Waals surface area contributed by atoms with E-state index in [0.717, 1.165) is 5.56 Å². The zero-order valence-corrected chi connectivity index (χ0v) is 15.8. The summed E-state index contributed by atoms with van der Waals surface area (Å²) in [7, 11) is 1.36. The Morgan fingerprint density at radius 1 is 1.38 bits per heavy atom. The highest BCUT2D eigenvalue weighted by atomic mass is 35.5. The Bertz CT molecular complexity index is 781.